The first-order valence-corrected chi connectivity index (χ1v) is 8.31. The van der Waals surface area contributed by atoms with Crippen LogP contribution in [0.3, 0.4) is 0 Å². The van der Waals surface area contributed by atoms with Crippen LogP contribution in [0.5, 0.6) is 5.75 Å². The van der Waals surface area contributed by atoms with Gasteiger partial charge in [-0.15, -0.1) is 11.3 Å². The van der Waals surface area contributed by atoms with Crippen molar-refractivity contribution in [2.45, 2.75) is 6.42 Å². The van der Waals surface area contributed by atoms with Gasteiger partial charge in [-0.1, -0.05) is 23.2 Å². The Morgan fingerprint density at radius 2 is 2.17 bits per heavy atom. The highest BCUT2D eigenvalue weighted by atomic mass is 35.5. The fourth-order valence-electron chi connectivity index (χ4n) is 2.18. The molecule has 23 heavy (non-hydrogen) atoms. The standard InChI is InChI=1S/C14H12Cl2N4O2S/c1-22-12-10(16)3-2-9(15)11(12)13(21)17-5-4-8-6-23-14-18-7-19-20(8)14/h2-3,6-7H,4-5H2,1H3,(H,17,21). The zero-order chi connectivity index (χ0) is 16.4. The summed E-state index contributed by atoms with van der Waals surface area (Å²) in [7, 11) is 1.45. The number of aromatic nitrogens is 3. The van der Waals surface area contributed by atoms with E-state index in [0.29, 0.717) is 18.0 Å². The molecule has 0 aliphatic rings. The van der Waals surface area contributed by atoms with Crippen LogP contribution in [0.4, 0.5) is 0 Å². The maximum atomic E-state index is 12.4. The summed E-state index contributed by atoms with van der Waals surface area (Å²) >= 11 is 13.6. The molecular formula is C14H12Cl2N4O2S. The average Bonchev–Trinajstić information content (AvgIpc) is 3.13. The van der Waals surface area contributed by atoms with E-state index in [1.807, 2.05) is 5.38 Å². The summed E-state index contributed by atoms with van der Waals surface area (Å²) in [6.45, 7) is 0.427. The van der Waals surface area contributed by atoms with Gasteiger partial charge in [0.05, 0.1) is 22.8 Å². The lowest BCUT2D eigenvalue weighted by molar-refractivity contribution is 0.0951. The van der Waals surface area contributed by atoms with Crippen LogP contribution in [0.15, 0.2) is 23.8 Å². The molecule has 1 amide bonds. The van der Waals surface area contributed by atoms with Crippen molar-refractivity contribution in [3.63, 3.8) is 0 Å². The van der Waals surface area contributed by atoms with Gasteiger partial charge in [0.25, 0.3) is 5.91 Å². The molecule has 1 aromatic carbocycles. The molecule has 120 valence electrons. The molecule has 0 bridgehead atoms. The second-order valence-corrected chi connectivity index (χ2v) is 6.28. The van der Waals surface area contributed by atoms with E-state index in [1.54, 1.807) is 16.6 Å². The Balaban J connectivity index is 1.71. The van der Waals surface area contributed by atoms with Gasteiger partial charge < -0.3 is 10.1 Å². The predicted molar refractivity (Wildman–Crippen MR) is 89.9 cm³/mol. The van der Waals surface area contributed by atoms with E-state index < -0.39 is 0 Å². The van der Waals surface area contributed by atoms with Crippen LogP contribution in [0.1, 0.15) is 16.1 Å². The highest BCUT2D eigenvalue weighted by molar-refractivity contribution is 7.15. The van der Waals surface area contributed by atoms with Gasteiger partial charge >= 0.3 is 0 Å². The second-order valence-electron chi connectivity index (χ2n) is 4.62. The quantitative estimate of drug-likeness (QED) is 0.749. The number of thiazole rings is 1. The smallest absolute Gasteiger partial charge is 0.256 e. The van der Waals surface area contributed by atoms with E-state index in [4.69, 9.17) is 27.9 Å². The van der Waals surface area contributed by atoms with Crippen LogP contribution in [0.2, 0.25) is 10.0 Å². The van der Waals surface area contributed by atoms with Gasteiger partial charge in [0.2, 0.25) is 4.96 Å². The number of halogens is 2. The molecule has 0 unspecified atom stereocenters. The number of carbonyl (C=O) groups is 1. The van der Waals surface area contributed by atoms with Crippen LogP contribution in [0.25, 0.3) is 4.96 Å². The molecule has 0 radical (unpaired) electrons. The molecule has 0 atom stereocenters. The Morgan fingerprint density at radius 1 is 1.39 bits per heavy atom. The zero-order valence-electron chi connectivity index (χ0n) is 12.0. The fraction of sp³-hybridized carbons (Fsp3) is 0.214. The number of carbonyl (C=O) groups excluding carboxylic acids is 1. The van der Waals surface area contributed by atoms with Gasteiger partial charge in [0.15, 0.2) is 5.75 Å². The molecule has 0 saturated heterocycles. The van der Waals surface area contributed by atoms with E-state index in [2.05, 4.69) is 15.4 Å². The zero-order valence-corrected chi connectivity index (χ0v) is 14.4. The van der Waals surface area contributed by atoms with Crippen LogP contribution in [0, 0.1) is 0 Å². The molecule has 0 aliphatic heterocycles. The molecule has 0 aliphatic carbocycles. The van der Waals surface area contributed by atoms with Crippen molar-refractivity contribution in [1.82, 2.24) is 19.9 Å². The van der Waals surface area contributed by atoms with Crippen molar-refractivity contribution in [3.05, 3.63) is 45.1 Å². The number of nitrogens with one attached hydrogen (secondary N) is 1. The second kappa shape index (κ2) is 6.74. The number of hydrogen-bond acceptors (Lipinski definition) is 5. The topological polar surface area (TPSA) is 68.5 Å². The van der Waals surface area contributed by atoms with Crippen LogP contribution < -0.4 is 10.1 Å². The minimum absolute atomic E-state index is 0.234. The average molecular weight is 371 g/mol. The maximum Gasteiger partial charge on any atom is 0.256 e. The third kappa shape index (κ3) is 3.12. The number of methoxy groups -OCH3 is 1. The number of ether oxygens (including phenoxy) is 1. The molecule has 2 aromatic heterocycles. The van der Waals surface area contributed by atoms with Crippen LogP contribution in [-0.4, -0.2) is 34.2 Å². The number of rotatable bonds is 5. The van der Waals surface area contributed by atoms with Crippen LogP contribution >= 0.6 is 34.5 Å². The monoisotopic (exact) mass is 370 g/mol. The van der Waals surface area contributed by atoms with Crippen molar-refractivity contribution in [1.29, 1.82) is 0 Å². The summed E-state index contributed by atoms with van der Waals surface area (Å²) in [5.41, 5.74) is 1.21. The summed E-state index contributed by atoms with van der Waals surface area (Å²) < 4.78 is 6.93. The summed E-state index contributed by atoms with van der Waals surface area (Å²) in [6.07, 6.45) is 2.13. The lowest BCUT2D eigenvalue weighted by atomic mass is 10.2. The number of nitrogens with zero attached hydrogens (tertiary/aromatic N) is 3. The van der Waals surface area contributed by atoms with Crippen LogP contribution in [-0.2, 0) is 6.42 Å². The van der Waals surface area contributed by atoms with Gasteiger partial charge in [0.1, 0.15) is 11.9 Å². The molecule has 3 aromatic rings. The molecule has 0 spiro atoms. The normalized spacial score (nSPS) is 10.9. The third-order valence-corrected chi connectivity index (χ3v) is 4.74. The van der Waals surface area contributed by atoms with Gasteiger partial charge in [-0.2, -0.15) is 5.10 Å². The van der Waals surface area contributed by atoms with Crippen molar-refractivity contribution < 1.29 is 9.53 Å². The van der Waals surface area contributed by atoms with E-state index in [1.165, 1.54) is 24.8 Å². The Kier molecular flexibility index (Phi) is 4.70. The highest BCUT2D eigenvalue weighted by Gasteiger charge is 2.19. The first-order valence-electron chi connectivity index (χ1n) is 6.68. The number of hydrogen-bond donors (Lipinski definition) is 1. The van der Waals surface area contributed by atoms with Crippen molar-refractivity contribution in [3.8, 4) is 5.75 Å². The molecule has 1 N–H and O–H groups in total. The summed E-state index contributed by atoms with van der Waals surface area (Å²) in [5.74, 6) is -0.0646. The lowest BCUT2D eigenvalue weighted by Crippen LogP contribution is -2.26. The molecule has 6 nitrogen and oxygen atoms in total. The minimum Gasteiger partial charge on any atom is -0.494 e. The summed E-state index contributed by atoms with van der Waals surface area (Å²) in [4.78, 5) is 17.3. The van der Waals surface area contributed by atoms with Crippen molar-refractivity contribution >= 4 is 45.4 Å². The van der Waals surface area contributed by atoms with Gasteiger partial charge in [0, 0.05) is 18.3 Å². The predicted octanol–water partition coefficient (Wildman–Crippen LogP) is 3.08. The van der Waals surface area contributed by atoms with E-state index in [-0.39, 0.29) is 22.2 Å². The fourth-order valence-corrected chi connectivity index (χ4v) is 3.48. The van der Waals surface area contributed by atoms with Gasteiger partial charge in [-0.25, -0.2) is 9.50 Å². The molecule has 0 fully saturated rings. The number of benzene rings is 1. The Hall–Kier alpha value is -1.83. The molecule has 0 saturated carbocycles. The van der Waals surface area contributed by atoms with E-state index >= 15 is 0 Å². The Bertz CT molecular complexity index is 862. The van der Waals surface area contributed by atoms with E-state index in [0.717, 1.165) is 10.7 Å². The minimum atomic E-state index is -0.334. The third-order valence-electron chi connectivity index (χ3n) is 3.25. The first kappa shape index (κ1) is 16.0. The maximum absolute atomic E-state index is 12.4. The molecule has 9 heteroatoms. The number of fused-ring (bicyclic) bond motifs is 1. The lowest BCUT2D eigenvalue weighted by Gasteiger charge is -2.12. The summed E-state index contributed by atoms with van der Waals surface area (Å²) in [5, 5.41) is 9.54. The highest BCUT2D eigenvalue weighted by Crippen LogP contribution is 2.33. The molecule has 3 rings (SSSR count). The molecule has 2 heterocycles. The van der Waals surface area contributed by atoms with Crippen molar-refractivity contribution in [2.24, 2.45) is 0 Å². The van der Waals surface area contributed by atoms with Gasteiger partial charge in [-0.05, 0) is 12.1 Å². The van der Waals surface area contributed by atoms with Gasteiger partial charge in [-0.3, -0.25) is 4.79 Å². The number of amides is 1. The Morgan fingerprint density at radius 3 is 2.96 bits per heavy atom. The first-order chi connectivity index (χ1) is 11.1. The molecular weight excluding hydrogens is 359 g/mol. The summed E-state index contributed by atoms with van der Waals surface area (Å²) in [6, 6.07) is 3.16. The van der Waals surface area contributed by atoms with E-state index in [9.17, 15) is 4.79 Å². The largest absolute Gasteiger partial charge is 0.494 e. The SMILES string of the molecule is COc1c(Cl)ccc(Cl)c1C(=O)NCCc1csc2ncnn12. The van der Waals surface area contributed by atoms with Crippen molar-refractivity contribution in [2.75, 3.05) is 13.7 Å². The Labute approximate surface area is 146 Å².